The highest BCUT2D eigenvalue weighted by atomic mass is 32.2. The molecule has 0 bridgehead atoms. The minimum absolute atomic E-state index is 0.155. The van der Waals surface area contributed by atoms with Crippen molar-refractivity contribution in [3.8, 4) is 0 Å². The fourth-order valence-electron chi connectivity index (χ4n) is 1.69. The van der Waals surface area contributed by atoms with Crippen molar-refractivity contribution in [2.45, 2.75) is 4.90 Å². The molecule has 0 saturated carbocycles. The van der Waals surface area contributed by atoms with Crippen molar-refractivity contribution >= 4 is 26.6 Å². The minimum Gasteiger partial charge on any atom is -0.282 e. The lowest BCUT2D eigenvalue weighted by Crippen LogP contribution is -1.98. The number of rotatable bonds is 2. The van der Waals surface area contributed by atoms with Crippen molar-refractivity contribution in [2.24, 2.45) is 10.2 Å². The number of hydrogen-bond donors (Lipinski definition) is 1. The van der Waals surface area contributed by atoms with Crippen LogP contribution in [-0.4, -0.2) is 20.0 Å². The highest BCUT2D eigenvalue weighted by molar-refractivity contribution is 7.86. The average molecular weight is 250 g/mol. The van der Waals surface area contributed by atoms with Gasteiger partial charge in [-0.1, -0.05) is 24.3 Å². The van der Waals surface area contributed by atoms with Crippen LogP contribution in [-0.2, 0) is 10.1 Å². The van der Waals surface area contributed by atoms with E-state index < -0.39 is 10.1 Å². The summed E-state index contributed by atoms with van der Waals surface area (Å²) in [5.41, 5.74) is 0.415. The summed E-state index contributed by atoms with van der Waals surface area (Å²) in [5, 5.41) is 8.55. The highest BCUT2D eigenvalue weighted by Gasteiger charge is 2.16. The first kappa shape index (κ1) is 11.7. The zero-order valence-electron chi connectivity index (χ0n) is 9.03. The van der Waals surface area contributed by atoms with Crippen LogP contribution in [0.25, 0.3) is 10.8 Å². The van der Waals surface area contributed by atoms with Crippen molar-refractivity contribution in [1.29, 1.82) is 0 Å². The van der Waals surface area contributed by atoms with Gasteiger partial charge in [0.25, 0.3) is 10.1 Å². The Morgan fingerprint density at radius 2 is 1.76 bits per heavy atom. The predicted octanol–water partition coefficient (Wildman–Crippen LogP) is 2.80. The molecule has 2 aromatic carbocycles. The minimum atomic E-state index is -4.27. The topological polar surface area (TPSA) is 79.1 Å². The molecule has 5 nitrogen and oxygen atoms in total. The molecule has 17 heavy (non-hydrogen) atoms. The summed E-state index contributed by atoms with van der Waals surface area (Å²) in [6.45, 7) is 0. The van der Waals surface area contributed by atoms with Gasteiger partial charge < -0.3 is 0 Å². The maximum Gasteiger partial charge on any atom is 0.295 e. The SMILES string of the molecule is C/N=N/c1cccc2cccc(S(=O)(=O)O)c12. The van der Waals surface area contributed by atoms with Crippen molar-refractivity contribution in [1.82, 2.24) is 0 Å². The average Bonchev–Trinajstić information content (AvgIpc) is 2.28. The molecule has 6 heteroatoms. The number of fused-ring (bicyclic) bond motifs is 1. The highest BCUT2D eigenvalue weighted by Crippen LogP contribution is 2.31. The van der Waals surface area contributed by atoms with E-state index in [4.69, 9.17) is 0 Å². The van der Waals surface area contributed by atoms with Gasteiger partial charge in [0.05, 0.1) is 5.69 Å². The van der Waals surface area contributed by atoms with Gasteiger partial charge in [-0.05, 0) is 17.5 Å². The second-order valence-corrected chi connectivity index (χ2v) is 4.80. The Hall–Kier alpha value is -1.79. The van der Waals surface area contributed by atoms with E-state index in [-0.39, 0.29) is 4.90 Å². The van der Waals surface area contributed by atoms with Crippen LogP contribution in [0.1, 0.15) is 0 Å². The van der Waals surface area contributed by atoms with E-state index in [0.29, 0.717) is 16.5 Å². The van der Waals surface area contributed by atoms with E-state index in [1.165, 1.54) is 13.1 Å². The van der Waals surface area contributed by atoms with E-state index >= 15 is 0 Å². The molecular weight excluding hydrogens is 240 g/mol. The lowest BCUT2D eigenvalue weighted by molar-refractivity contribution is 0.484. The van der Waals surface area contributed by atoms with Crippen molar-refractivity contribution < 1.29 is 13.0 Å². The number of hydrogen-bond acceptors (Lipinski definition) is 4. The molecule has 0 aliphatic rings. The summed E-state index contributed by atoms with van der Waals surface area (Å²) < 4.78 is 31.8. The van der Waals surface area contributed by atoms with Gasteiger partial charge in [-0.25, -0.2) is 0 Å². The Kier molecular flexibility index (Phi) is 2.91. The zero-order valence-corrected chi connectivity index (χ0v) is 9.85. The van der Waals surface area contributed by atoms with Gasteiger partial charge in [0.2, 0.25) is 0 Å². The van der Waals surface area contributed by atoms with E-state index in [2.05, 4.69) is 10.2 Å². The van der Waals surface area contributed by atoms with Gasteiger partial charge in [0.15, 0.2) is 0 Å². The molecule has 0 saturated heterocycles. The quantitative estimate of drug-likeness (QED) is 0.657. The lowest BCUT2D eigenvalue weighted by Gasteiger charge is -2.05. The molecule has 0 spiro atoms. The van der Waals surface area contributed by atoms with Crippen molar-refractivity contribution in [2.75, 3.05) is 7.05 Å². The molecule has 88 valence electrons. The van der Waals surface area contributed by atoms with Gasteiger partial charge >= 0.3 is 0 Å². The third-order valence-corrected chi connectivity index (χ3v) is 3.23. The molecule has 1 N–H and O–H groups in total. The normalized spacial score (nSPS) is 12.4. The molecule has 0 radical (unpaired) electrons. The van der Waals surface area contributed by atoms with E-state index in [0.717, 1.165) is 0 Å². The maximum atomic E-state index is 11.3. The second kappa shape index (κ2) is 4.23. The van der Waals surface area contributed by atoms with E-state index in [1.54, 1.807) is 30.3 Å². The molecule has 0 heterocycles. The van der Waals surface area contributed by atoms with Gasteiger partial charge in [-0.3, -0.25) is 4.55 Å². The summed E-state index contributed by atoms with van der Waals surface area (Å²) in [5.74, 6) is 0. The fourth-order valence-corrected chi connectivity index (χ4v) is 2.42. The molecule has 2 aromatic rings. The van der Waals surface area contributed by atoms with Gasteiger partial charge in [0.1, 0.15) is 4.90 Å². The Bertz CT molecular complexity index is 688. The Labute approximate surface area is 98.6 Å². The van der Waals surface area contributed by atoms with Crippen LogP contribution in [0.5, 0.6) is 0 Å². The molecule has 0 aliphatic heterocycles. The van der Waals surface area contributed by atoms with Gasteiger partial charge in [-0.2, -0.15) is 18.6 Å². The monoisotopic (exact) mass is 250 g/mol. The van der Waals surface area contributed by atoms with Crippen LogP contribution in [0.15, 0.2) is 51.5 Å². The van der Waals surface area contributed by atoms with Crippen LogP contribution in [0, 0.1) is 0 Å². The summed E-state index contributed by atoms with van der Waals surface area (Å²) in [7, 11) is -2.78. The van der Waals surface area contributed by atoms with Crippen LogP contribution in [0.4, 0.5) is 5.69 Å². The second-order valence-electron chi connectivity index (χ2n) is 3.41. The van der Waals surface area contributed by atoms with Crippen molar-refractivity contribution in [3.05, 3.63) is 36.4 Å². The standard InChI is InChI=1S/C11H10N2O3S/c1-12-13-9-6-2-4-8-5-3-7-10(11(8)9)17(14,15)16/h2-7H,1H3,(H,14,15,16)/b13-12+. The molecule has 0 unspecified atom stereocenters. The third kappa shape index (κ3) is 2.17. The van der Waals surface area contributed by atoms with Crippen molar-refractivity contribution in [3.63, 3.8) is 0 Å². The summed E-state index contributed by atoms with van der Waals surface area (Å²) >= 11 is 0. The van der Waals surface area contributed by atoms with Crippen LogP contribution < -0.4 is 0 Å². The van der Waals surface area contributed by atoms with Crippen LogP contribution >= 0.6 is 0 Å². The Morgan fingerprint density at radius 1 is 1.12 bits per heavy atom. The molecular formula is C11H10N2O3S. The first-order valence-corrected chi connectivity index (χ1v) is 6.27. The first-order chi connectivity index (χ1) is 8.04. The molecule has 0 amide bonds. The maximum absolute atomic E-state index is 11.3. The summed E-state index contributed by atoms with van der Waals surface area (Å²) in [6, 6.07) is 9.80. The molecule has 0 aliphatic carbocycles. The largest absolute Gasteiger partial charge is 0.295 e. The molecule has 0 aromatic heterocycles. The van der Waals surface area contributed by atoms with Gasteiger partial charge in [-0.15, -0.1) is 0 Å². The number of azo groups is 1. The molecule has 2 rings (SSSR count). The smallest absolute Gasteiger partial charge is 0.282 e. The first-order valence-electron chi connectivity index (χ1n) is 4.83. The molecule has 0 fully saturated rings. The van der Waals surface area contributed by atoms with E-state index in [9.17, 15) is 13.0 Å². The summed E-state index contributed by atoms with van der Waals surface area (Å²) in [6.07, 6.45) is 0. The van der Waals surface area contributed by atoms with Crippen LogP contribution in [0.3, 0.4) is 0 Å². The Morgan fingerprint density at radius 3 is 2.35 bits per heavy atom. The van der Waals surface area contributed by atoms with Crippen LogP contribution in [0.2, 0.25) is 0 Å². The molecule has 0 atom stereocenters. The number of nitrogens with zero attached hydrogens (tertiary/aromatic N) is 2. The summed E-state index contributed by atoms with van der Waals surface area (Å²) in [4.78, 5) is -0.155. The predicted molar refractivity (Wildman–Crippen MR) is 64.2 cm³/mol. The lowest BCUT2D eigenvalue weighted by atomic mass is 10.1. The zero-order chi connectivity index (χ0) is 12.5. The van der Waals surface area contributed by atoms with Gasteiger partial charge in [0, 0.05) is 12.4 Å². The third-order valence-electron chi connectivity index (χ3n) is 2.33. The number of benzene rings is 2. The Balaban J connectivity index is 2.95. The fraction of sp³-hybridized carbons (Fsp3) is 0.0909. The van der Waals surface area contributed by atoms with E-state index in [1.807, 2.05) is 0 Å².